The number of rotatable bonds is 8. The Balaban J connectivity index is 1.48. The summed E-state index contributed by atoms with van der Waals surface area (Å²) in [4.78, 5) is 13.8. The summed E-state index contributed by atoms with van der Waals surface area (Å²) < 4.78 is 3.86. The molecular formula is C27H31N9. The van der Waals surface area contributed by atoms with Crippen LogP contribution in [-0.2, 0) is 32.9 Å². The molecule has 9 nitrogen and oxygen atoms in total. The molecule has 0 atom stereocenters. The van der Waals surface area contributed by atoms with Crippen LogP contribution in [0.4, 0.5) is 11.8 Å². The van der Waals surface area contributed by atoms with Crippen LogP contribution in [0.2, 0.25) is 0 Å². The van der Waals surface area contributed by atoms with Crippen LogP contribution in [0.3, 0.4) is 0 Å². The Hall–Kier alpha value is -4.27. The van der Waals surface area contributed by atoms with Crippen LogP contribution in [0.5, 0.6) is 0 Å². The molecule has 4 aromatic rings. The minimum Gasteiger partial charge on any atom is -0.404 e. The van der Waals surface area contributed by atoms with E-state index in [1.165, 1.54) is 5.56 Å². The van der Waals surface area contributed by atoms with E-state index < -0.39 is 0 Å². The summed E-state index contributed by atoms with van der Waals surface area (Å²) in [6, 6.07) is 10.3. The van der Waals surface area contributed by atoms with Gasteiger partial charge >= 0.3 is 0 Å². The molecule has 5 rings (SSSR count). The summed E-state index contributed by atoms with van der Waals surface area (Å²) in [5.74, 6) is 1.26. The Morgan fingerprint density at radius 2 is 2.08 bits per heavy atom. The molecule has 0 amide bonds. The number of aryl methyl sites for hydroxylation is 4. The summed E-state index contributed by atoms with van der Waals surface area (Å²) in [5, 5.41) is 12.6. The van der Waals surface area contributed by atoms with Gasteiger partial charge in [0, 0.05) is 68.6 Å². The lowest BCUT2D eigenvalue weighted by molar-refractivity contribution is 0.662. The molecule has 0 aliphatic heterocycles. The van der Waals surface area contributed by atoms with Crippen molar-refractivity contribution in [3.8, 4) is 11.3 Å². The summed E-state index contributed by atoms with van der Waals surface area (Å²) in [6.07, 6.45) is 9.77. The van der Waals surface area contributed by atoms with Gasteiger partial charge in [-0.05, 0) is 43.4 Å². The third-order valence-corrected chi connectivity index (χ3v) is 6.40. The highest BCUT2D eigenvalue weighted by Gasteiger charge is 2.26. The van der Waals surface area contributed by atoms with Crippen molar-refractivity contribution in [3.05, 3.63) is 77.0 Å². The van der Waals surface area contributed by atoms with Crippen LogP contribution in [-0.4, -0.2) is 42.3 Å². The van der Waals surface area contributed by atoms with Gasteiger partial charge in [0.1, 0.15) is 0 Å². The van der Waals surface area contributed by atoms with Crippen molar-refractivity contribution in [3.63, 3.8) is 0 Å². The van der Waals surface area contributed by atoms with E-state index in [0.29, 0.717) is 5.95 Å². The first-order valence-corrected chi connectivity index (χ1v) is 12.3. The second-order valence-electron chi connectivity index (χ2n) is 8.77. The van der Waals surface area contributed by atoms with E-state index in [9.17, 15) is 0 Å². The lowest BCUT2D eigenvalue weighted by atomic mass is 9.91. The highest BCUT2D eigenvalue weighted by Crippen LogP contribution is 2.36. The minimum absolute atomic E-state index is 0.535. The second kappa shape index (κ2) is 10.2. The van der Waals surface area contributed by atoms with Crippen molar-refractivity contribution >= 4 is 23.6 Å². The summed E-state index contributed by atoms with van der Waals surface area (Å²) in [7, 11) is 2.01. The van der Waals surface area contributed by atoms with Gasteiger partial charge < -0.3 is 11.1 Å². The van der Waals surface area contributed by atoms with Crippen molar-refractivity contribution < 1.29 is 0 Å². The van der Waals surface area contributed by atoms with E-state index in [0.717, 1.165) is 77.5 Å². The number of nitrogens with zero attached hydrogens (tertiary/aromatic N) is 7. The molecule has 0 spiro atoms. The number of hydrogen-bond acceptors (Lipinski definition) is 7. The van der Waals surface area contributed by atoms with Gasteiger partial charge in [-0.15, -0.1) is 0 Å². The van der Waals surface area contributed by atoms with Gasteiger partial charge in [-0.25, -0.2) is 9.97 Å². The Kier molecular flexibility index (Phi) is 6.62. The average Bonchev–Trinajstić information content (AvgIpc) is 3.48. The molecule has 0 saturated carbocycles. The maximum atomic E-state index is 5.89. The molecule has 3 N–H and O–H groups in total. The van der Waals surface area contributed by atoms with Gasteiger partial charge in [-0.1, -0.05) is 24.3 Å². The summed E-state index contributed by atoms with van der Waals surface area (Å²) in [6.45, 7) is 5.59. The van der Waals surface area contributed by atoms with Crippen LogP contribution in [0.25, 0.3) is 16.8 Å². The quantitative estimate of drug-likeness (QED) is 0.369. The van der Waals surface area contributed by atoms with Gasteiger partial charge in [0.05, 0.1) is 17.1 Å². The molecule has 1 aromatic carbocycles. The molecule has 9 heteroatoms. The van der Waals surface area contributed by atoms with Gasteiger partial charge in [0.25, 0.3) is 0 Å². The zero-order valence-electron chi connectivity index (χ0n) is 20.9. The van der Waals surface area contributed by atoms with Gasteiger partial charge in [-0.2, -0.15) is 10.2 Å². The smallest absolute Gasteiger partial charge is 0.228 e. The molecule has 1 aliphatic rings. The first-order chi connectivity index (χ1) is 17.6. The molecule has 3 heterocycles. The predicted molar refractivity (Wildman–Crippen MR) is 143 cm³/mol. The van der Waals surface area contributed by atoms with Crippen LogP contribution in [0, 0.1) is 0 Å². The highest BCUT2D eigenvalue weighted by atomic mass is 15.3. The maximum absolute atomic E-state index is 5.89. The van der Waals surface area contributed by atoms with Gasteiger partial charge in [-0.3, -0.25) is 14.4 Å². The average molecular weight is 482 g/mol. The number of allylic oxidation sites excluding steroid dienone is 1. The van der Waals surface area contributed by atoms with Crippen molar-refractivity contribution in [1.82, 2.24) is 29.5 Å². The fourth-order valence-corrected chi connectivity index (χ4v) is 4.57. The van der Waals surface area contributed by atoms with Crippen molar-refractivity contribution in [2.75, 3.05) is 11.9 Å². The fraction of sp³-hybridized carbons (Fsp3) is 0.296. The summed E-state index contributed by atoms with van der Waals surface area (Å²) in [5.41, 5.74) is 14.4. The third-order valence-electron chi connectivity index (χ3n) is 6.40. The third kappa shape index (κ3) is 4.64. The molecule has 36 heavy (non-hydrogen) atoms. The largest absolute Gasteiger partial charge is 0.404 e. The number of benzene rings is 1. The maximum Gasteiger partial charge on any atom is 0.228 e. The Morgan fingerprint density at radius 3 is 2.86 bits per heavy atom. The molecule has 0 bridgehead atoms. The van der Waals surface area contributed by atoms with E-state index in [-0.39, 0.29) is 0 Å². The lowest BCUT2D eigenvalue weighted by Gasteiger charge is -2.17. The van der Waals surface area contributed by atoms with Crippen molar-refractivity contribution in [2.24, 2.45) is 17.8 Å². The van der Waals surface area contributed by atoms with Gasteiger partial charge in [0.2, 0.25) is 5.95 Å². The Labute approximate surface area is 210 Å². The van der Waals surface area contributed by atoms with Crippen LogP contribution < -0.4 is 11.1 Å². The van der Waals surface area contributed by atoms with E-state index in [4.69, 9.17) is 15.8 Å². The van der Waals surface area contributed by atoms with E-state index in [1.54, 1.807) is 6.20 Å². The fourth-order valence-electron chi connectivity index (χ4n) is 4.57. The SMILES string of the molecule is CCN=C/C(=C\N)c1cccc(Cc2c3c(nn2C)CCc2cnc(Nc4ccn(CC)n4)nc2-3)c1. The van der Waals surface area contributed by atoms with E-state index in [1.807, 2.05) is 48.0 Å². The molecule has 0 radical (unpaired) electrons. The predicted octanol–water partition coefficient (Wildman–Crippen LogP) is 3.92. The number of aromatic nitrogens is 6. The molecule has 0 unspecified atom stereocenters. The molecular weight excluding hydrogens is 450 g/mol. The van der Waals surface area contributed by atoms with Crippen molar-refractivity contribution in [1.29, 1.82) is 0 Å². The zero-order chi connectivity index (χ0) is 25.1. The monoisotopic (exact) mass is 481 g/mol. The van der Waals surface area contributed by atoms with Crippen LogP contribution >= 0.6 is 0 Å². The van der Waals surface area contributed by atoms with E-state index in [2.05, 4.69) is 51.6 Å². The minimum atomic E-state index is 0.535. The number of fused-ring (bicyclic) bond motifs is 3. The standard InChI is InChI=1S/C27H31N9/c1-4-29-16-21(15-28)19-8-6-7-18(13-19)14-23-25-22(33-35(23)3)10-9-20-17-30-27(32-26(20)25)31-24-11-12-36(5-2)34-24/h6-8,11-13,15-17H,4-5,9-10,14,28H2,1-3H3,(H,30,31,32,34)/b21-15+,29-16?. The molecule has 1 aliphatic carbocycles. The Bertz CT molecular complexity index is 1440. The number of nitrogens with two attached hydrogens (primary N) is 1. The summed E-state index contributed by atoms with van der Waals surface area (Å²) >= 11 is 0. The molecule has 3 aromatic heterocycles. The molecule has 0 saturated heterocycles. The van der Waals surface area contributed by atoms with Crippen LogP contribution in [0.15, 0.2) is 53.9 Å². The second-order valence-corrected chi connectivity index (χ2v) is 8.77. The first-order valence-electron chi connectivity index (χ1n) is 12.3. The normalized spacial score (nSPS) is 13.1. The van der Waals surface area contributed by atoms with Crippen LogP contribution in [0.1, 0.15) is 41.9 Å². The first kappa shape index (κ1) is 23.5. The van der Waals surface area contributed by atoms with E-state index >= 15 is 0 Å². The molecule has 0 fully saturated rings. The topological polar surface area (TPSA) is 112 Å². The lowest BCUT2D eigenvalue weighted by Crippen LogP contribution is -2.09. The number of nitrogens with one attached hydrogen (secondary N) is 1. The van der Waals surface area contributed by atoms with Gasteiger partial charge in [0.15, 0.2) is 5.82 Å². The van der Waals surface area contributed by atoms with Crippen molar-refractivity contribution in [2.45, 2.75) is 39.7 Å². The highest BCUT2D eigenvalue weighted by molar-refractivity contribution is 6.09. The number of anilines is 2. The molecule has 184 valence electrons. The Morgan fingerprint density at radius 1 is 1.19 bits per heavy atom. The number of hydrogen-bond donors (Lipinski definition) is 2. The zero-order valence-corrected chi connectivity index (χ0v) is 20.9. The number of aliphatic imine (C=N–C) groups is 1.